The number of hydrogen-bond donors (Lipinski definition) is 2. The Labute approximate surface area is 133 Å². The number of rotatable bonds is 6. The molecule has 0 saturated carbocycles. The maximum Gasteiger partial charge on any atom is 0.243 e. The predicted molar refractivity (Wildman–Crippen MR) is 87.6 cm³/mol. The summed E-state index contributed by atoms with van der Waals surface area (Å²) >= 11 is 1.38. The van der Waals surface area contributed by atoms with Gasteiger partial charge in [-0.25, -0.2) is 9.37 Å². The van der Waals surface area contributed by atoms with Gasteiger partial charge in [-0.1, -0.05) is 25.5 Å². The first kappa shape index (κ1) is 16.6. The highest BCUT2D eigenvalue weighted by Crippen LogP contribution is 2.22. The number of anilines is 1. The van der Waals surface area contributed by atoms with E-state index >= 15 is 0 Å². The van der Waals surface area contributed by atoms with Crippen molar-refractivity contribution in [1.82, 2.24) is 4.98 Å². The van der Waals surface area contributed by atoms with Crippen molar-refractivity contribution in [2.75, 3.05) is 5.32 Å². The zero-order chi connectivity index (χ0) is 16.1. The second-order valence-corrected chi connectivity index (χ2v) is 6.39. The van der Waals surface area contributed by atoms with E-state index in [1.807, 2.05) is 13.0 Å². The van der Waals surface area contributed by atoms with E-state index in [9.17, 15) is 9.18 Å². The first-order valence-corrected chi connectivity index (χ1v) is 8.07. The van der Waals surface area contributed by atoms with Crippen LogP contribution in [0.15, 0.2) is 24.4 Å². The topological polar surface area (TPSA) is 68.0 Å². The fourth-order valence-corrected chi connectivity index (χ4v) is 2.88. The van der Waals surface area contributed by atoms with E-state index in [-0.39, 0.29) is 11.7 Å². The second-order valence-electron chi connectivity index (χ2n) is 5.28. The zero-order valence-electron chi connectivity index (χ0n) is 12.7. The first-order chi connectivity index (χ1) is 10.5. The molecule has 0 aliphatic rings. The summed E-state index contributed by atoms with van der Waals surface area (Å²) in [5.41, 5.74) is 7.27. The van der Waals surface area contributed by atoms with E-state index in [2.05, 4.69) is 10.3 Å². The molecule has 0 saturated heterocycles. The molecule has 118 valence electrons. The van der Waals surface area contributed by atoms with E-state index in [4.69, 9.17) is 5.73 Å². The van der Waals surface area contributed by atoms with Crippen molar-refractivity contribution < 1.29 is 9.18 Å². The van der Waals surface area contributed by atoms with E-state index < -0.39 is 6.04 Å². The van der Waals surface area contributed by atoms with Crippen molar-refractivity contribution in [3.05, 3.63) is 46.2 Å². The maximum absolute atomic E-state index is 13.5. The van der Waals surface area contributed by atoms with Crippen LogP contribution >= 0.6 is 11.3 Å². The molecule has 1 aromatic heterocycles. The van der Waals surface area contributed by atoms with Crippen molar-refractivity contribution in [2.24, 2.45) is 5.73 Å². The van der Waals surface area contributed by atoms with Gasteiger partial charge in [-0.3, -0.25) is 4.79 Å². The monoisotopic (exact) mass is 321 g/mol. The molecule has 0 fully saturated rings. The minimum Gasteiger partial charge on any atom is -0.320 e. The van der Waals surface area contributed by atoms with E-state index in [0.29, 0.717) is 23.5 Å². The Balaban J connectivity index is 1.99. The largest absolute Gasteiger partial charge is 0.320 e. The molecular formula is C16H20FN3OS. The molecule has 6 heteroatoms. The smallest absolute Gasteiger partial charge is 0.243 e. The molecule has 1 amide bonds. The van der Waals surface area contributed by atoms with Crippen LogP contribution in [0.5, 0.6) is 0 Å². The van der Waals surface area contributed by atoms with Gasteiger partial charge in [0, 0.05) is 17.5 Å². The molecule has 2 rings (SSSR count). The van der Waals surface area contributed by atoms with Gasteiger partial charge in [-0.15, -0.1) is 11.3 Å². The van der Waals surface area contributed by atoms with Gasteiger partial charge >= 0.3 is 0 Å². The van der Waals surface area contributed by atoms with Crippen LogP contribution in [-0.4, -0.2) is 16.9 Å². The Kier molecular flexibility index (Phi) is 5.63. The van der Waals surface area contributed by atoms with Crippen LogP contribution in [-0.2, 0) is 11.2 Å². The normalized spacial score (nSPS) is 12.2. The molecule has 1 unspecified atom stereocenters. The van der Waals surface area contributed by atoms with Crippen LogP contribution in [0.4, 0.5) is 9.52 Å². The Morgan fingerprint density at radius 2 is 2.27 bits per heavy atom. The SMILES string of the molecule is CCCC(N)C(=O)Nc1ncc(Cc2ccc(C)c(F)c2)s1. The van der Waals surface area contributed by atoms with Crippen LogP contribution < -0.4 is 11.1 Å². The highest BCUT2D eigenvalue weighted by Gasteiger charge is 2.14. The lowest BCUT2D eigenvalue weighted by Gasteiger charge is -2.08. The van der Waals surface area contributed by atoms with Gasteiger partial charge in [0.15, 0.2) is 5.13 Å². The minimum absolute atomic E-state index is 0.207. The third-order valence-electron chi connectivity index (χ3n) is 3.33. The number of halogens is 1. The lowest BCUT2D eigenvalue weighted by molar-refractivity contribution is -0.117. The molecule has 22 heavy (non-hydrogen) atoms. The molecule has 2 aromatic rings. The summed E-state index contributed by atoms with van der Waals surface area (Å²) in [5.74, 6) is -0.426. The number of thiazole rings is 1. The number of aromatic nitrogens is 1. The van der Waals surface area contributed by atoms with Crippen molar-refractivity contribution >= 4 is 22.4 Å². The molecule has 0 radical (unpaired) electrons. The fourth-order valence-electron chi connectivity index (χ4n) is 2.03. The highest BCUT2D eigenvalue weighted by molar-refractivity contribution is 7.15. The number of nitrogens with two attached hydrogens (primary N) is 1. The average Bonchev–Trinajstić information content (AvgIpc) is 2.90. The van der Waals surface area contributed by atoms with Gasteiger partial charge in [-0.05, 0) is 30.5 Å². The fraction of sp³-hybridized carbons (Fsp3) is 0.375. The lowest BCUT2D eigenvalue weighted by Crippen LogP contribution is -2.35. The summed E-state index contributed by atoms with van der Waals surface area (Å²) in [6.07, 6.45) is 3.79. The molecule has 0 aliphatic carbocycles. The molecule has 0 spiro atoms. The highest BCUT2D eigenvalue weighted by atomic mass is 32.1. The van der Waals surface area contributed by atoms with Gasteiger partial charge in [0.1, 0.15) is 5.82 Å². The Morgan fingerprint density at radius 1 is 1.50 bits per heavy atom. The molecule has 0 aliphatic heterocycles. The number of carbonyl (C=O) groups is 1. The number of nitrogens with zero attached hydrogens (tertiary/aromatic N) is 1. The second kappa shape index (κ2) is 7.47. The Morgan fingerprint density at radius 3 is 2.95 bits per heavy atom. The van der Waals surface area contributed by atoms with Crippen LogP contribution in [0.1, 0.15) is 35.8 Å². The van der Waals surface area contributed by atoms with Gasteiger partial charge in [0.25, 0.3) is 0 Å². The van der Waals surface area contributed by atoms with Crippen LogP contribution in [0.3, 0.4) is 0 Å². The van der Waals surface area contributed by atoms with Crippen LogP contribution in [0.25, 0.3) is 0 Å². The molecule has 4 nitrogen and oxygen atoms in total. The number of aryl methyl sites for hydroxylation is 1. The van der Waals surface area contributed by atoms with Gasteiger partial charge in [0.2, 0.25) is 5.91 Å². The first-order valence-electron chi connectivity index (χ1n) is 7.25. The van der Waals surface area contributed by atoms with Crippen molar-refractivity contribution in [1.29, 1.82) is 0 Å². The zero-order valence-corrected chi connectivity index (χ0v) is 13.5. The molecular weight excluding hydrogens is 301 g/mol. The Bertz CT molecular complexity index is 657. The molecule has 1 atom stereocenters. The minimum atomic E-state index is -0.511. The molecule has 1 aromatic carbocycles. The summed E-state index contributed by atoms with van der Waals surface area (Å²) in [6.45, 7) is 3.72. The third kappa shape index (κ3) is 4.35. The van der Waals surface area contributed by atoms with Gasteiger partial charge in [0.05, 0.1) is 6.04 Å². The summed E-state index contributed by atoms with van der Waals surface area (Å²) in [5, 5.41) is 3.25. The third-order valence-corrected chi connectivity index (χ3v) is 4.25. The molecule has 1 heterocycles. The quantitative estimate of drug-likeness (QED) is 0.858. The van der Waals surface area contributed by atoms with E-state index in [0.717, 1.165) is 16.9 Å². The summed E-state index contributed by atoms with van der Waals surface area (Å²) in [6, 6.07) is 4.68. The van der Waals surface area contributed by atoms with Gasteiger partial charge < -0.3 is 11.1 Å². The van der Waals surface area contributed by atoms with E-state index in [1.165, 1.54) is 17.4 Å². The number of carbonyl (C=O) groups excluding carboxylic acids is 1. The summed E-state index contributed by atoms with van der Waals surface area (Å²) in [7, 11) is 0. The van der Waals surface area contributed by atoms with Crippen molar-refractivity contribution in [3.8, 4) is 0 Å². The van der Waals surface area contributed by atoms with E-state index in [1.54, 1.807) is 19.2 Å². The Hall–Kier alpha value is -1.79. The molecule has 3 N–H and O–H groups in total. The summed E-state index contributed by atoms with van der Waals surface area (Å²) in [4.78, 5) is 17.0. The van der Waals surface area contributed by atoms with Gasteiger partial charge in [-0.2, -0.15) is 0 Å². The number of amides is 1. The lowest BCUT2D eigenvalue weighted by atomic mass is 10.1. The standard InChI is InChI=1S/C16H20FN3OS/c1-3-4-14(18)15(21)20-16-19-9-12(22-16)7-11-6-5-10(2)13(17)8-11/h5-6,8-9,14H,3-4,7,18H2,1-2H3,(H,19,20,21). The predicted octanol–water partition coefficient (Wildman–Crippen LogP) is 3.25. The number of benzene rings is 1. The van der Waals surface area contributed by atoms with Crippen molar-refractivity contribution in [3.63, 3.8) is 0 Å². The average molecular weight is 321 g/mol. The van der Waals surface area contributed by atoms with Crippen LogP contribution in [0.2, 0.25) is 0 Å². The summed E-state index contributed by atoms with van der Waals surface area (Å²) < 4.78 is 13.5. The number of nitrogens with one attached hydrogen (secondary N) is 1. The number of hydrogen-bond acceptors (Lipinski definition) is 4. The molecule has 0 bridgehead atoms. The van der Waals surface area contributed by atoms with Crippen molar-refractivity contribution in [2.45, 2.75) is 39.2 Å². The van der Waals surface area contributed by atoms with Crippen LogP contribution in [0, 0.1) is 12.7 Å². The maximum atomic E-state index is 13.5.